The summed E-state index contributed by atoms with van der Waals surface area (Å²) in [5.41, 5.74) is 3.76. The van der Waals surface area contributed by atoms with Crippen LogP contribution in [-0.2, 0) is 4.79 Å². The molecule has 0 radical (unpaired) electrons. The highest BCUT2D eigenvalue weighted by Crippen LogP contribution is 2.27. The van der Waals surface area contributed by atoms with Crippen molar-refractivity contribution < 1.29 is 14.3 Å². The minimum Gasteiger partial charge on any atom is -0.422 e. The van der Waals surface area contributed by atoms with Gasteiger partial charge in [0.1, 0.15) is 5.75 Å². The molecule has 0 aliphatic carbocycles. The SMILES string of the molecule is CCCCCCCCCCCCCC(=O)N/N=C\c1c(OC(=O)c2ccccc2)ccc2ccccc12. The van der Waals surface area contributed by atoms with Crippen molar-refractivity contribution in [2.24, 2.45) is 5.10 Å². The Morgan fingerprint density at radius 3 is 2.08 bits per heavy atom. The van der Waals surface area contributed by atoms with Gasteiger partial charge in [0.05, 0.1) is 11.8 Å². The Balaban J connectivity index is 1.46. The van der Waals surface area contributed by atoms with Crippen LogP contribution in [0.15, 0.2) is 71.8 Å². The number of carbonyl (C=O) groups is 2. The highest BCUT2D eigenvalue weighted by Gasteiger charge is 2.13. The van der Waals surface area contributed by atoms with Gasteiger partial charge in [-0.2, -0.15) is 5.10 Å². The monoisotopic (exact) mass is 500 g/mol. The number of rotatable bonds is 16. The van der Waals surface area contributed by atoms with E-state index in [9.17, 15) is 9.59 Å². The fourth-order valence-corrected chi connectivity index (χ4v) is 4.41. The fraction of sp³-hybridized carbons (Fsp3) is 0.406. The Morgan fingerprint density at radius 1 is 0.757 bits per heavy atom. The zero-order chi connectivity index (χ0) is 26.1. The summed E-state index contributed by atoms with van der Waals surface area (Å²) in [5, 5.41) is 6.08. The van der Waals surface area contributed by atoms with Crippen molar-refractivity contribution in [1.29, 1.82) is 0 Å². The van der Waals surface area contributed by atoms with Crippen LogP contribution in [0.4, 0.5) is 0 Å². The Kier molecular flexibility index (Phi) is 12.4. The maximum absolute atomic E-state index is 12.6. The molecule has 5 heteroatoms. The molecule has 5 nitrogen and oxygen atoms in total. The third kappa shape index (κ3) is 9.83. The lowest BCUT2D eigenvalue weighted by Crippen LogP contribution is -2.17. The average Bonchev–Trinajstić information content (AvgIpc) is 2.93. The molecule has 0 aliphatic heterocycles. The highest BCUT2D eigenvalue weighted by atomic mass is 16.5. The number of fused-ring (bicyclic) bond motifs is 1. The molecule has 37 heavy (non-hydrogen) atoms. The smallest absolute Gasteiger partial charge is 0.343 e. The standard InChI is InChI=1S/C32H40N2O3/c1-2-3-4-5-6-7-8-9-10-11-15-22-31(35)34-33-25-29-28-21-17-16-18-26(28)23-24-30(29)37-32(36)27-19-13-12-14-20-27/h12-14,16-21,23-25H,2-11,15,22H2,1H3,(H,34,35)/b33-25-. The van der Waals surface area contributed by atoms with Crippen LogP contribution in [0.2, 0.25) is 0 Å². The van der Waals surface area contributed by atoms with E-state index in [0.717, 1.165) is 23.6 Å². The molecule has 1 amide bonds. The largest absolute Gasteiger partial charge is 0.422 e. The van der Waals surface area contributed by atoms with Gasteiger partial charge in [-0.3, -0.25) is 4.79 Å². The van der Waals surface area contributed by atoms with E-state index in [2.05, 4.69) is 17.5 Å². The Hall–Kier alpha value is -3.47. The van der Waals surface area contributed by atoms with Crippen molar-refractivity contribution in [3.05, 3.63) is 77.9 Å². The topological polar surface area (TPSA) is 67.8 Å². The summed E-state index contributed by atoms with van der Waals surface area (Å²) in [4.78, 5) is 24.9. The molecule has 0 spiro atoms. The number of hydrazone groups is 1. The number of benzene rings is 3. The third-order valence-electron chi connectivity index (χ3n) is 6.53. The molecular formula is C32H40N2O3. The van der Waals surface area contributed by atoms with Gasteiger partial charge in [0.25, 0.3) is 0 Å². The van der Waals surface area contributed by atoms with E-state index >= 15 is 0 Å². The summed E-state index contributed by atoms with van der Waals surface area (Å²) < 4.78 is 5.70. The van der Waals surface area contributed by atoms with Crippen LogP contribution in [0, 0.1) is 0 Å². The maximum atomic E-state index is 12.6. The summed E-state index contributed by atoms with van der Waals surface area (Å²) in [6.07, 6.45) is 15.8. The molecule has 0 saturated heterocycles. The predicted octanol–water partition coefficient (Wildman–Crippen LogP) is 8.21. The predicted molar refractivity (Wildman–Crippen MR) is 152 cm³/mol. The normalized spacial score (nSPS) is 11.2. The molecule has 3 aromatic rings. The zero-order valence-electron chi connectivity index (χ0n) is 22.1. The van der Waals surface area contributed by atoms with Crippen LogP contribution in [0.5, 0.6) is 5.75 Å². The summed E-state index contributed by atoms with van der Waals surface area (Å²) in [6, 6.07) is 20.4. The molecule has 0 aromatic heterocycles. The van der Waals surface area contributed by atoms with Crippen LogP contribution in [-0.4, -0.2) is 18.1 Å². The summed E-state index contributed by atoms with van der Waals surface area (Å²) in [6.45, 7) is 2.25. The van der Waals surface area contributed by atoms with Crippen molar-refractivity contribution >= 4 is 28.9 Å². The van der Waals surface area contributed by atoms with Gasteiger partial charge < -0.3 is 4.74 Å². The number of hydrogen-bond donors (Lipinski definition) is 1. The number of unbranched alkanes of at least 4 members (excludes halogenated alkanes) is 10. The summed E-state index contributed by atoms with van der Waals surface area (Å²) >= 11 is 0. The quantitative estimate of drug-likeness (QED) is 0.0708. The third-order valence-corrected chi connectivity index (χ3v) is 6.53. The van der Waals surface area contributed by atoms with Crippen LogP contribution in [0.3, 0.4) is 0 Å². The van der Waals surface area contributed by atoms with Gasteiger partial charge >= 0.3 is 5.97 Å². The van der Waals surface area contributed by atoms with E-state index in [0.29, 0.717) is 23.3 Å². The fourth-order valence-electron chi connectivity index (χ4n) is 4.41. The van der Waals surface area contributed by atoms with Crippen LogP contribution in [0.1, 0.15) is 99.9 Å². The lowest BCUT2D eigenvalue weighted by atomic mass is 10.0. The minimum absolute atomic E-state index is 0.102. The molecule has 0 fully saturated rings. The van der Waals surface area contributed by atoms with Crippen LogP contribution >= 0.6 is 0 Å². The molecule has 0 heterocycles. The molecule has 1 N–H and O–H groups in total. The zero-order valence-corrected chi connectivity index (χ0v) is 22.1. The highest BCUT2D eigenvalue weighted by molar-refractivity contribution is 6.04. The molecular weight excluding hydrogens is 460 g/mol. The van der Waals surface area contributed by atoms with Gasteiger partial charge in [0, 0.05) is 12.0 Å². The number of carbonyl (C=O) groups excluding carboxylic acids is 2. The van der Waals surface area contributed by atoms with Gasteiger partial charge in [0.15, 0.2) is 0 Å². The van der Waals surface area contributed by atoms with Crippen LogP contribution in [0.25, 0.3) is 10.8 Å². The first-order valence-electron chi connectivity index (χ1n) is 13.8. The Bertz CT molecular complexity index is 1140. The Labute approximate surface area is 221 Å². The number of nitrogens with one attached hydrogen (secondary N) is 1. The second-order valence-electron chi connectivity index (χ2n) is 9.53. The van der Waals surface area contributed by atoms with E-state index in [1.54, 1.807) is 36.5 Å². The Morgan fingerprint density at radius 2 is 1.38 bits per heavy atom. The molecule has 3 rings (SSSR count). The van der Waals surface area contributed by atoms with Crippen molar-refractivity contribution in [3.63, 3.8) is 0 Å². The number of esters is 1. The first-order chi connectivity index (χ1) is 18.2. The number of amides is 1. The molecule has 196 valence electrons. The molecule has 0 atom stereocenters. The summed E-state index contributed by atoms with van der Waals surface area (Å²) in [5.74, 6) is -0.141. The van der Waals surface area contributed by atoms with Gasteiger partial charge in [0.2, 0.25) is 5.91 Å². The first-order valence-corrected chi connectivity index (χ1v) is 13.8. The second kappa shape index (κ2) is 16.3. The lowest BCUT2D eigenvalue weighted by Gasteiger charge is -2.10. The molecule has 3 aromatic carbocycles. The van der Waals surface area contributed by atoms with Crippen molar-refractivity contribution in [3.8, 4) is 5.75 Å². The van der Waals surface area contributed by atoms with Crippen molar-refractivity contribution in [2.75, 3.05) is 0 Å². The van der Waals surface area contributed by atoms with E-state index in [1.165, 1.54) is 57.8 Å². The van der Waals surface area contributed by atoms with E-state index in [-0.39, 0.29) is 5.91 Å². The van der Waals surface area contributed by atoms with Gasteiger partial charge in [-0.25, -0.2) is 10.2 Å². The van der Waals surface area contributed by atoms with Gasteiger partial charge in [-0.15, -0.1) is 0 Å². The van der Waals surface area contributed by atoms with Crippen molar-refractivity contribution in [1.82, 2.24) is 5.43 Å². The van der Waals surface area contributed by atoms with Gasteiger partial charge in [-0.1, -0.05) is 120 Å². The van der Waals surface area contributed by atoms with Crippen LogP contribution < -0.4 is 10.2 Å². The number of hydrogen-bond acceptors (Lipinski definition) is 4. The second-order valence-corrected chi connectivity index (χ2v) is 9.53. The molecule has 0 aliphatic rings. The first kappa shape index (κ1) is 28.1. The van der Waals surface area contributed by atoms with Crippen molar-refractivity contribution in [2.45, 2.75) is 84.0 Å². The lowest BCUT2D eigenvalue weighted by molar-refractivity contribution is -0.121. The molecule has 0 saturated carbocycles. The van der Waals surface area contributed by atoms with E-state index in [4.69, 9.17) is 4.74 Å². The van der Waals surface area contributed by atoms with E-state index in [1.807, 2.05) is 36.4 Å². The average molecular weight is 501 g/mol. The minimum atomic E-state index is -0.439. The van der Waals surface area contributed by atoms with Gasteiger partial charge in [-0.05, 0) is 35.4 Å². The molecule has 0 unspecified atom stereocenters. The summed E-state index contributed by atoms with van der Waals surface area (Å²) in [7, 11) is 0. The van der Waals surface area contributed by atoms with E-state index < -0.39 is 5.97 Å². The number of nitrogens with zero attached hydrogens (tertiary/aromatic N) is 1. The maximum Gasteiger partial charge on any atom is 0.343 e. The molecule has 0 bridgehead atoms. The number of ether oxygens (including phenoxy) is 1.